The molecule has 0 aliphatic heterocycles. The summed E-state index contributed by atoms with van der Waals surface area (Å²) in [5.74, 6) is -1.04. The minimum atomic E-state index is -0.528. The fraction of sp³-hybridized carbons (Fsp3) is 0.600. The van der Waals surface area contributed by atoms with Crippen molar-refractivity contribution in [1.29, 1.82) is 0 Å². The van der Waals surface area contributed by atoms with Crippen LogP contribution < -0.4 is 5.32 Å². The van der Waals surface area contributed by atoms with Gasteiger partial charge in [0.05, 0.1) is 10.6 Å². The molecule has 1 N–H and O–H groups in total. The lowest BCUT2D eigenvalue weighted by Crippen LogP contribution is -2.43. The maximum atomic E-state index is 14.1. The number of rotatable bonds is 8. The zero-order valence-electron chi connectivity index (χ0n) is 12.2. The van der Waals surface area contributed by atoms with Crippen molar-refractivity contribution in [3.05, 3.63) is 33.8 Å². The van der Waals surface area contributed by atoms with Crippen LogP contribution in [0.3, 0.4) is 0 Å². The van der Waals surface area contributed by atoms with Gasteiger partial charge in [0.15, 0.2) is 0 Å². The van der Waals surface area contributed by atoms with E-state index in [0.29, 0.717) is 0 Å². The normalized spacial score (nSPS) is 14.3. The van der Waals surface area contributed by atoms with Gasteiger partial charge in [-0.25, -0.2) is 8.78 Å². The average Bonchev–Trinajstić information content (AvgIpc) is 2.45. The second-order valence-corrected chi connectivity index (χ2v) is 5.62. The smallest absolute Gasteiger partial charge is 0.143 e. The molecule has 1 aromatic rings. The summed E-state index contributed by atoms with van der Waals surface area (Å²) in [5, 5.41) is 3.32. The molecule has 0 aliphatic rings. The van der Waals surface area contributed by atoms with E-state index in [1.807, 2.05) is 6.92 Å². The Morgan fingerprint density at radius 1 is 1.30 bits per heavy atom. The van der Waals surface area contributed by atoms with Gasteiger partial charge in [-0.2, -0.15) is 0 Å². The van der Waals surface area contributed by atoms with Gasteiger partial charge in [-0.05, 0) is 53.9 Å². The van der Waals surface area contributed by atoms with Gasteiger partial charge in [0, 0.05) is 18.7 Å². The molecule has 5 heteroatoms. The van der Waals surface area contributed by atoms with Crippen LogP contribution in [0.25, 0.3) is 0 Å². The first-order valence-electron chi connectivity index (χ1n) is 6.93. The molecule has 2 atom stereocenters. The van der Waals surface area contributed by atoms with E-state index in [2.05, 4.69) is 28.2 Å². The summed E-state index contributed by atoms with van der Waals surface area (Å²) in [4.78, 5) is 0. The van der Waals surface area contributed by atoms with Crippen molar-refractivity contribution >= 4 is 15.9 Å². The molecule has 0 aliphatic carbocycles. The molecule has 0 amide bonds. The first-order chi connectivity index (χ1) is 9.54. The van der Waals surface area contributed by atoms with Crippen molar-refractivity contribution in [2.45, 2.75) is 45.3 Å². The van der Waals surface area contributed by atoms with Crippen LogP contribution >= 0.6 is 15.9 Å². The first kappa shape index (κ1) is 17.5. The van der Waals surface area contributed by atoms with E-state index in [4.69, 9.17) is 4.74 Å². The molecule has 114 valence electrons. The van der Waals surface area contributed by atoms with Crippen LogP contribution in [0.5, 0.6) is 0 Å². The minimum absolute atomic E-state index is 0.0701. The molecule has 0 aromatic heterocycles. The maximum Gasteiger partial charge on any atom is 0.143 e. The summed E-state index contributed by atoms with van der Waals surface area (Å²) in [6, 6.07) is 2.56. The first-order valence-corrected chi connectivity index (χ1v) is 7.72. The molecule has 1 rings (SSSR count). The van der Waals surface area contributed by atoms with Crippen LogP contribution in [0.15, 0.2) is 16.6 Å². The van der Waals surface area contributed by atoms with E-state index in [1.54, 1.807) is 7.11 Å². The zero-order valence-corrected chi connectivity index (χ0v) is 13.8. The fourth-order valence-electron chi connectivity index (χ4n) is 2.26. The van der Waals surface area contributed by atoms with E-state index in [-0.39, 0.29) is 28.6 Å². The van der Waals surface area contributed by atoms with Gasteiger partial charge in [0.1, 0.15) is 11.6 Å². The van der Waals surface area contributed by atoms with Gasteiger partial charge in [-0.3, -0.25) is 0 Å². The Morgan fingerprint density at radius 3 is 2.55 bits per heavy atom. The molecule has 0 saturated carbocycles. The lowest BCUT2D eigenvalue weighted by Gasteiger charge is -2.26. The highest BCUT2D eigenvalue weighted by Crippen LogP contribution is 2.24. The Morgan fingerprint density at radius 2 is 2.00 bits per heavy atom. The van der Waals surface area contributed by atoms with Gasteiger partial charge in [0.2, 0.25) is 0 Å². The van der Waals surface area contributed by atoms with Gasteiger partial charge in [-0.1, -0.05) is 13.8 Å². The Labute approximate surface area is 128 Å². The van der Waals surface area contributed by atoms with Crippen LogP contribution in [0.1, 0.15) is 32.3 Å². The SMILES string of the molecule is CCCNC(Cc1c(F)ccc(Br)c1F)C(CC)OC. The quantitative estimate of drug-likeness (QED) is 0.714. The van der Waals surface area contributed by atoms with Crippen LogP contribution in [-0.2, 0) is 11.2 Å². The van der Waals surface area contributed by atoms with Crippen LogP contribution in [-0.4, -0.2) is 25.8 Å². The van der Waals surface area contributed by atoms with E-state index >= 15 is 0 Å². The molecule has 0 fully saturated rings. The average molecular weight is 350 g/mol. The third-order valence-electron chi connectivity index (χ3n) is 3.37. The Hall–Kier alpha value is -0.520. The van der Waals surface area contributed by atoms with Crippen LogP contribution in [0.4, 0.5) is 8.78 Å². The second kappa shape index (κ2) is 8.70. The molecular formula is C15H22BrF2NO. The number of nitrogens with one attached hydrogen (secondary N) is 1. The summed E-state index contributed by atoms with van der Waals surface area (Å²) in [5.41, 5.74) is 0.100. The van der Waals surface area contributed by atoms with E-state index in [1.165, 1.54) is 12.1 Å². The van der Waals surface area contributed by atoms with Crippen molar-refractivity contribution in [3.8, 4) is 0 Å². The van der Waals surface area contributed by atoms with Crippen molar-refractivity contribution in [2.24, 2.45) is 0 Å². The largest absolute Gasteiger partial charge is 0.380 e. The molecule has 0 spiro atoms. The van der Waals surface area contributed by atoms with Crippen molar-refractivity contribution in [2.75, 3.05) is 13.7 Å². The molecule has 0 heterocycles. The number of methoxy groups -OCH3 is 1. The minimum Gasteiger partial charge on any atom is -0.380 e. The van der Waals surface area contributed by atoms with Crippen molar-refractivity contribution in [1.82, 2.24) is 5.32 Å². The van der Waals surface area contributed by atoms with Crippen molar-refractivity contribution < 1.29 is 13.5 Å². The van der Waals surface area contributed by atoms with Gasteiger partial charge in [-0.15, -0.1) is 0 Å². The molecule has 2 unspecified atom stereocenters. The highest BCUT2D eigenvalue weighted by molar-refractivity contribution is 9.10. The number of benzene rings is 1. The van der Waals surface area contributed by atoms with E-state index in [9.17, 15) is 8.78 Å². The molecule has 1 aromatic carbocycles. The molecular weight excluding hydrogens is 328 g/mol. The summed E-state index contributed by atoms with van der Waals surface area (Å²) < 4.78 is 33.6. The summed E-state index contributed by atoms with van der Waals surface area (Å²) in [7, 11) is 1.63. The number of hydrogen-bond donors (Lipinski definition) is 1. The molecule has 20 heavy (non-hydrogen) atoms. The second-order valence-electron chi connectivity index (χ2n) is 4.77. The summed E-state index contributed by atoms with van der Waals surface area (Å²) >= 11 is 3.10. The molecule has 0 bridgehead atoms. The number of ether oxygens (including phenoxy) is 1. The highest BCUT2D eigenvalue weighted by atomic mass is 79.9. The predicted molar refractivity (Wildman–Crippen MR) is 80.9 cm³/mol. The lowest BCUT2D eigenvalue weighted by atomic mass is 9.98. The summed E-state index contributed by atoms with van der Waals surface area (Å²) in [6.07, 6.45) is 1.94. The monoisotopic (exact) mass is 349 g/mol. The lowest BCUT2D eigenvalue weighted by molar-refractivity contribution is 0.0648. The highest BCUT2D eigenvalue weighted by Gasteiger charge is 2.23. The molecule has 0 radical (unpaired) electrons. The van der Waals surface area contributed by atoms with Crippen LogP contribution in [0, 0.1) is 11.6 Å². The topological polar surface area (TPSA) is 21.3 Å². The number of hydrogen-bond acceptors (Lipinski definition) is 2. The Bertz CT molecular complexity index is 425. The van der Waals surface area contributed by atoms with Gasteiger partial charge in [0.25, 0.3) is 0 Å². The predicted octanol–water partition coefficient (Wildman–Crippen LogP) is 4.06. The van der Waals surface area contributed by atoms with Crippen LogP contribution in [0.2, 0.25) is 0 Å². The Balaban J connectivity index is 2.97. The summed E-state index contributed by atoms with van der Waals surface area (Å²) in [6.45, 7) is 4.85. The van der Waals surface area contributed by atoms with Crippen molar-refractivity contribution in [3.63, 3.8) is 0 Å². The van der Waals surface area contributed by atoms with Gasteiger partial charge < -0.3 is 10.1 Å². The standard InChI is InChI=1S/C15H22BrF2NO/c1-4-8-19-13(14(5-2)20-3)9-10-12(17)7-6-11(16)15(10)18/h6-7,13-14,19H,4-5,8-9H2,1-3H3. The van der Waals surface area contributed by atoms with E-state index < -0.39 is 11.6 Å². The molecule has 2 nitrogen and oxygen atoms in total. The third kappa shape index (κ3) is 4.50. The number of halogens is 3. The third-order valence-corrected chi connectivity index (χ3v) is 3.99. The van der Waals surface area contributed by atoms with E-state index in [0.717, 1.165) is 19.4 Å². The maximum absolute atomic E-state index is 14.1. The Kier molecular flexibility index (Phi) is 7.62. The molecule has 0 saturated heterocycles. The van der Waals surface area contributed by atoms with Gasteiger partial charge >= 0.3 is 0 Å². The zero-order chi connectivity index (χ0) is 15.1. The fourth-order valence-corrected chi connectivity index (χ4v) is 2.63.